The molecule has 8 rings (SSSR count). The number of hydrogen-bond acceptors (Lipinski definition) is 15. The fraction of sp³-hybridized carbons (Fsp3) is 0.304. The smallest absolute Gasteiger partial charge is 0.545 e. The van der Waals surface area contributed by atoms with Crippen LogP contribution in [0.5, 0.6) is 0 Å². The predicted octanol–water partition coefficient (Wildman–Crippen LogP) is 1.55. The van der Waals surface area contributed by atoms with E-state index in [0.717, 1.165) is 53.6 Å². The van der Waals surface area contributed by atoms with Gasteiger partial charge in [0.1, 0.15) is 16.7 Å². The third kappa shape index (κ3) is 16.6. The van der Waals surface area contributed by atoms with E-state index in [1.165, 1.54) is 29.2 Å². The maximum atomic E-state index is 13.9. The van der Waals surface area contributed by atoms with Gasteiger partial charge in [-0.1, -0.05) is 125 Å². The Morgan fingerprint density at radius 2 is 1.42 bits per heavy atom. The maximum Gasteiger partial charge on any atom is 1.00 e. The molecule has 0 bridgehead atoms. The topological polar surface area (TPSA) is 263 Å². The van der Waals surface area contributed by atoms with Crippen LogP contribution in [0, 0.1) is 13.8 Å². The Balaban J connectivity index is 0.000000285. The predicted molar refractivity (Wildman–Crippen MR) is 294 cm³/mol. The number of aryl methyl sites for hydroxylation is 4. The molecule has 0 saturated carbocycles. The maximum absolute atomic E-state index is 13.9. The van der Waals surface area contributed by atoms with E-state index in [0.29, 0.717) is 87.4 Å². The molecule has 3 N–H and O–H groups in total. The molecule has 23 heteroatoms. The molecule has 0 aliphatic heterocycles. The number of carbonyl (C=O) groups is 3. The number of unbranched alkanes of at least 4 members (excludes halogenated alkanes) is 2. The zero-order valence-corrected chi connectivity index (χ0v) is 54.4. The number of hydrogen-bond donors (Lipinski definition) is 3. The largest absolute Gasteiger partial charge is 1.00 e. The van der Waals surface area contributed by atoms with Crippen LogP contribution in [0.4, 0.5) is 4.79 Å². The number of carbonyl (C=O) groups excluding carboxylic acids is 3. The van der Waals surface area contributed by atoms with E-state index in [9.17, 15) is 37.8 Å². The Bertz CT molecular complexity index is 3540. The summed E-state index contributed by atoms with van der Waals surface area (Å²) in [5, 5.41) is 42.8. The molecule has 4 aromatic carbocycles. The Kier molecular flexibility index (Phi) is 25.7. The fourth-order valence-electron chi connectivity index (χ4n) is 8.80. The van der Waals surface area contributed by atoms with Crippen LogP contribution in [-0.4, -0.2) is 78.9 Å². The summed E-state index contributed by atoms with van der Waals surface area (Å²) in [4.78, 5) is 59.7. The summed E-state index contributed by atoms with van der Waals surface area (Å²) < 4.78 is 31.9. The number of thioether (sulfide) groups is 1. The molecule has 18 nitrogen and oxygen atoms in total. The van der Waals surface area contributed by atoms with Crippen LogP contribution in [0.1, 0.15) is 118 Å². The second-order valence-corrected chi connectivity index (χ2v) is 21.6. The van der Waals surface area contributed by atoms with Crippen molar-refractivity contribution in [2.45, 2.75) is 109 Å². The average Bonchev–Trinajstić information content (AvgIpc) is 4.22. The summed E-state index contributed by atoms with van der Waals surface area (Å²) in [6.45, 7) is 10.1. The van der Waals surface area contributed by atoms with Crippen LogP contribution in [0.25, 0.3) is 33.6 Å². The number of urea groups is 1. The number of amides is 2. The minimum atomic E-state index is -4.25. The molecule has 0 unspecified atom stereocenters. The van der Waals surface area contributed by atoms with E-state index in [-0.39, 0.29) is 138 Å². The molecule has 4 aromatic heterocycles. The Morgan fingerprint density at radius 1 is 0.759 bits per heavy atom. The summed E-state index contributed by atoms with van der Waals surface area (Å²) >= 11 is 2.54. The van der Waals surface area contributed by atoms with Crippen molar-refractivity contribution in [1.82, 2.24) is 49.8 Å². The molecule has 0 atom stereocenters. The second-order valence-electron chi connectivity index (χ2n) is 18.2. The van der Waals surface area contributed by atoms with Gasteiger partial charge in [-0.3, -0.25) is 9.36 Å². The van der Waals surface area contributed by atoms with Crippen LogP contribution in [0.2, 0.25) is 0 Å². The van der Waals surface area contributed by atoms with Crippen LogP contribution in [0.15, 0.2) is 117 Å². The summed E-state index contributed by atoms with van der Waals surface area (Å²) in [7, 11) is -4.25. The molecule has 0 spiro atoms. The number of carboxylic acids is 2. The molecule has 8 aromatic rings. The monoisotopic (exact) mass is 1170 g/mol. The Labute approximate surface area is 553 Å². The van der Waals surface area contributed by atoms with Gasteiger partial charge in [-0.25, -0.2) is 27.9 Å². The standard InChI is InChI=1S/C30H30N6O3S.C26H32N4O5S2.2K/c1-4-5-10-25-24(29(37)36(19(3)31-25)16-26-27(30(38)39)18(2)17-40-26)15-20-11-13-21(14-12-20)22-8-6-7-9-23(22)28-32-34-35-33-28;1-4-6-12-22-28-24(36-3)23(25(31)32)30(22)17-18-13-14-20(19-10-8-7-9-11-19)21(16-18)37(34,35)29-26(33)27-15-5-2;;/h6-9,11-14,17H,4-5,10,15-16H2,1-3H3,(H,38,39)(H,32,33,34,35);7-11,13-14,16H,4-6,12,15,17H2,1-3H3,(H,31,32)(H2,27,29,33);;/q;;2*+1/p-2. The Morgan fingerprint density at radius 3 is 2.05 bits per heavy atom. The van der Waals surface area contributed by atoms with E-state index in [1.807, 2.05) is 68.4 Å². The molecule has 4 heterocycles. The number of aromatic carboxylic acids is 2. The average molecular weight is 1180 g/mol. The molecule has 2 amide bonds. The van der Waals surface area contributed by atoms with Gasteiger partial charge in [-0.05, 0) is 95.8 Å². The van der Waals surface area contributed by atoms with Crippen molar-refractivity contribution >= 4 is 51.1 Å². The van der Waals surface area contributed by atoms with Gasteiger partial charge in [0.05, 0.1) is 34.8 Å². The first-order valence-electron chi connectivity index (χ1n) is 25.2. The van der Waals surface area contributed by atoms with Gasteiger partial charge >= 0.3 is 109 Å². The van der Waals surface area contributed by atoms with Gasteiger partial charge in [-0.15, -0.1) is 33.3 Å². The first-order chi connectivity index (χ1) is 37.1. The number of nitrogens with zero attached hydrogens (tertiary/aromatic N) is 7. The number of benzene rings is 4. The minimum absolute atomic E-state index is 0. The van der Waals surface area contributed by atoms with Gasteiger partial charge in [0.25, 0.3) is 15.6 Å². The van der Waals surface area contributed by atoms with E-state index >= 15 is 0 Å². The number of imidazole rings is 1. The molecule has 0 aliphatic carbocycles. The van der Waals surface area contributed by atoms with E-state index in [2.05, 4.69) is 42.6 Å². The molecular weight excluding hydrogens is 1120 g/mol. The van der Waals surface area contributed by atoms with Crippen molar-refractivity contribution in [2.75, 3.05) is 12.8 Å². The third-order valence-corrected chi connectivity index (χ3v) is 15.8. The van der Waals surface area contributed by atoms with E-state index in [4.69, 9.17) is 4.98 Å². The quantitative estimate of drug-likeness (QED) is 0.0643. The number of H-pyrrole nitrogens is 1. The fourth-order valence-corrected chi connectivity index (χ4v) is 11.6. The molecule has 79 heavy (non-hydrogen) atoms. The van der Waals surface area contributed by atoms with Gasteiger partial charge in [0, 0.05) is 53.1 Å². The summed E-state index contributed by atoms with van der Waals surface area (Å²) in [6.07, 6.45) is 7.75. The van der Waals surface area contributed by atoms with Gasteiger partial charge in [0.15, 0.2) is 0 Å². The van der Waals surface area contributed by atoms with Crippen LogP contribution < -0.4 is 129 Å². The molecule has 402 valence electrons. The zero-order chi connectivity index (χ0) is 55.2. The minimum Gasteiger partial charge on any atom is -0.545 e. The van der Waals surface area contributed by atoms with Crippen molar-refractivity contribution in [3.8, 4) is 33.6 Å². The zero-order valence-electron chi connectivity index (χ0n) is 45.7. The Hall–Kier alpha value is -4.48. The molecule has 0 radical (unpaired) electrons. The third-order valence-electron chi connectivity index (χ3n) is 12.7. The van der Waals surface area contributed by atoms with Crippen LogP contribution in [0.3, 0.4) is 0 Å². The van der Waals surface area contributed by atoms with Crippen molar-refractivity contribution in [3.63, 3.8) is 0 Å². The molecule has 0 aliphatic rings. The number of sulfonamides is 1. The molecule has 0 saturated heterocycles. The van der Waals surface area contributed by atoms with Crippen molar-refractivity contribution in [3.05, 3.63) is 169 Å². The number of nitrogens with one attached hydrogen (secondary N) is 3. The van der Waals surface area contributed by atoms with Crippen molar-refractivity contribution in [2.24, 2.45) is 0 Å². The van der Waals surface area contributed by atoms with Gasteiger partial charge < -0.3 is 29.7 Å². The first-order valence-corrected chi connectivity index (χ1v) is 28.8. The molecule has 0 fully saturated rings. The number of aromatic nitrogens is 8. The van der Waals surface area contributed by atoms with Crippen LogP contribution in [-0.2, 0) is 42.4 Å². The van der Waals surface area contributed by atoms with Crippen LogP contribution >= 0.6 is 23.1 Å². The number of thiophene rings is 1. The normalized spacial score (nSPS) is 11.0. The van der Waals surface area contributed by atoms with Crippen molar-refractivity contribution < 1.29 is 136 Å². The first kappa shape index (κ1) is 65.3. The number of carboxylic acid groups (broad SMARTS) is 2. The van der Waals surface area contributed by atoms with Gasteiger partial charge in [-0.2, -0.15) is 5.21 Å². The molecular formula is C56H60K2N10O8S3. The summed E-state index contributed by atoms with van der Waals surface area (Å²) in [6, 6.07) is 29.0. The van der Waals surface area contributed by atoms with E-state index in [1.54, 1.807) is 71.0 Å². The number of rotatable bonds is 22. The summed E-state index contributed by atoms with van der Waals surface area (Å²) in [5.74, 6) is -0.882. The SMILES string of the molecule is CCCCc1nc(C)n(Cc2scc(C)c2C(=O)[O-])c(=O)c1Cc1ccc(-c2ccccc2-c2nn[nH]n2)cc1.CCCCc1nc(SC)c(C(=O)[O-])n1Cc1ccc(-c2ccccc2)c(S(=O)(=O)NC(=O)NCCC)c1.[K+].[K+]. The second kappa shape index (κ2) is 31.1. The number of aromatic amines is 1. The summed E-state index contributed by atoms with van der Waals surface area (Å²) in [5.41, 5.74) is 7.52. The van der Waals surface area contributed by atoms with E-state index < -0.39 is 28.0 Å². The van der Waals surface area contributed by atoms with Gasteiger partial charge in [0.2, 0.25) is 5.82 Å². The van der Waals surface area contributed by atoms with Crippen molar-refractivity contribution in [1.29, 1.82) is 0 Å². The number of tetrazole rings is 1.